The maximum Gasteiger partial charge on any atom is 0.323 e. The van der Waals surface area contributed by atoms with Gasteiger partial charge in [0, 0.05) is 19.6 Å². The molecule has 0 spiro atoms. The zero-order valence-electron chi connectivity index (χ0n) is 13.1. The summed E-state index contributed by atoms with van der Waals surface area (Å²) in [4.78, 5) is 26.6. The lowest BCUT2D eigenvalue weighted by molar-refractivity contribution is -0.137. The van der Waals surface area contributed by atoms with Crippen molar-refractivity contribution in [2.45, 2.75) is 52.5 Å². The topological polar surface area (TPSA) is 60.9 Å². The number of carboxylic acids is 1. The first kappa shape index (κ1) is 16.8. The lowest BCUT2D eigenvalue weighted by Gasteiger charge is -2.36. The van der Waals surface area contributed by atoms with E-state index in [0.29, 0.717) is 6.54 Å². The smallest absolute Gasteiger partial charge is 0.323 e. The molecule has 0 bridgehead atoms. The van der Waals surface area contributed by atoms with Crippen LogP contribution in [-0.2, 0) is 4.79 Å². The molecule has 1 aliphatic carbocycles. The van der Waals surface area contributed by atoms with Gasteiger partial charge in [0.2, 0.25) is 0 Å². The molecule has 0 unspecified atom stereocenters. The molecule has 0 aromatic carbocycles. The molecule has 116 valence electrons. The standard InChI is InChI=1S/C15H28N2O3/c1-11(2)9-17(10-14(18)19)15(20)16(4)13-7-5-12(3)6-8-13/h11-13H,5-10H2,1-4H3,(H,18,19). The molecule has 0 radical (unpaired) electrons. The van der Waals surface area contributed by atoms with E-state index in [1.54, 1.807) is 11.9 Å². The third-order valence-corrected chi connectivity index (χ3v) is 4.02. The van der Waals surface area contributed by atoms with Crippen molar-refractivity contribution in [3.63, 3.8) is 0 Å². The molecule has 1 N–H and O–H groups in total. The molecule has 1 rings (SSSR count). The van der Waals surface area contributed by atoms with Crippen LogP contribution in [0.1, 0.15) is 46.5 Å². The van der Waals surface area contributed by atoms with Crippen LogP contribution in [0.5, 0.6) is 0 Å². The Hall–Kier alpha value is -1.26. The van der Waals surface area contributed by atoms with E-state index in [1.165, 1.54) is 4.90 Å². The zero-order valence-corrected chi connectivity index (χ0v) is 13.1. The van der Waals surface area contributed by atoms with Crippen LogP contribution in [0.2, 0.25) is 0 Å². The number of amides is 2. The summed E-state index contributed by atoms with van der Waals surface area (Å²) in [5.74, 6) is 0.0447. The van der Waals surface area contributed by atoms with Gasteiger partial charge in [-0.25, -0.2) is 4.79 Å². The molecule has 20 heavy (non-hydrogen) atoms. The van der Waals surface area contributed by atoms with E-state index >= 15 is 0 Å². The lowest BCUT2D eigenvalue weighted by atomic mass is 9.87. The number of rotatable bonds is 5. The zero-order chi connectivity index (χ0) is 15.3. The average molecular weight is 284 g/mol. The summed E-state index contributed by atoms with van der Waals surface area (Å²) in [6.07, 6.45) is 4.33. The van der Waals surface area contributed by atoms with Gasteiger partial charge in [0.1, 0.15) is 6.54 Å². The van der Waals surface area contributed by atoms with Crippen molar-refractivity contribution in [1.29, 1.82) is 0 Å². The number of carbonyl (C=O) groups is 2. The summed E-state index contributed by atoms with van der Waals surface area (Å²) >= 11 is 0. The monoisotopic (exact) mass is 284 g/mol. The molecule has 1 saturated carbocycles. The van der Waals surface area contributed by atoms with E-state index < -0.39 is 5.97 Å². The summed E-state index contributed by atoms with van der Waals surface area (Å²) in [5, 5.41) is 8.96. The van der Waals surface area contributed by atoms with Crippen molar-refractivity contribution in [2.75, 3.05) is 20.1 Å². The molecule has 0 aliphatic heterocycles. The molecular formula is C15H28N2O3. The minimum absolute atomic E-state index is 0.152. The second-order valence-electron chi connectivity index (χ2n) is 6.48. The summed E-state index contributed by atoms with van der Waals surface area (Å²) in [5.41, 5.74) is 0. The Morgan fingerprint density at radius 1 is 1.20 bits per heavy atom. The van der Waals surface area contributed by atoms with Crippen molar-refractivity contribution in [3.8, 4) is 0 Å². The molecule has 0 atom stereocenters. The maximum absolute atomic E-state index is 12.5. The fraction of sp³-hybridized carbons (Fsp3) is 0.867. The fourth-order valence-corrected chi connectivity index (χ4v) is 2.82. The number of nitrogens with zero attached hydrogens (tertiary/aromatic N) is 2. The predicted octanol–water partition coefficient (Wildman–Crippen LogP) is 2.66. The van der Waals surface area contributed by atoms with Gasteiger partial charge < -0.3 is 14.9 Å². The summed E-state index contributed by atoms with van der Waals surface area (Å²) in [6, 6.07) is 0.0998. The van der Waals surface area contributed by atoms with Gasteiger partial charge in [0.15, 0.2) is 0 Å². The minimum atomic E-state index is -0.954. The normalized spacial score (nSPS) is 22.6. The van der Waals surface area contributed by atoms with Gasteiger partial charge in [0.05, 0.1) is 0 Å². The molecule has 0 aromatic heterocycles. The molecule has 5 heteroatoms. The van der Waals surface area contributed by atoms with Crippen molar-refractivity contribution in [3.05, 3.63) is 0 Å². The first-order chi connectivity index (χ1) is 9.31. The van der Waals surface area contributed by atoms with Gasteiger partial charge in [-0.05, 0) is 37.5 Å². The third-order valence-electron chi connectivity index (χ3n) is 4.02. The van der Waals surface area contributed by atoms with Gasteiger partial charge in [0.25, 0.3) is 0 Å². The SMILES string of the molecule is CC(C)CN(CC(=O)O)C(=O)N(C)C1CCC(C)CC1. The van der Waals surface area contributed by atoms with Crippen LogP contribution in [0.3, 0.4) is 0 Å². The number of carbonyl (C=O) groups excluding carboxylic acids is 1. The molecule has 0 aromatic rings. The van der Waals surface area contributed by atoms with Crippen molar-refractivity contribution in [2.24, 2.45) is 11.8 Å². The second-order valence-corrected chi connectivity index (χ2v) is 6.48. The first-order valence-electron chi connectivity index (χ1n) is 7.54. The largest absolute Gasteiger partial charge is 0.480 e. The van der Waals surface area contributed by atoms with E-state index in [1.807, 2.05) is 13.8 Å². The van der Waals surface area contributed by atoms with Crippen LogP contribution in [0.25, 0.3) is 0 Å². The van der Waals surface area contributed by atoms with Gasteiger partial charge in [-0.2, -0.15) is 0 Å². The highest BCUT2D eigenvalue weighted by molar-refractivity contribution is 5.80. The van der Waals surface area contributed by atoms with E-state index in [2.05, 4.69) is 6.92 Å². The van der Waals surface area contributed by atoms with Gasteiger partial charge in [-0.15, -0.1) is 0 Å². The predicted molar refractivity (Wildman–Crippen MR) is 78.6 cm³/mol. The Bertz CT molecular complexity index is 336. The van der Waals surface area contributed by atoms with Crippen LogP contribution in [0.15, 0.2) is 0 Å². The average Bonchev–Trinajstić information content (AvgIpc) is 2.36. The van der Waals surface area contributed by atoms with E-state index in [-0.39, 0.29) is 24.5 Å². The summed E-state index contributed by atoms with van der Waals surface area (Å²) < 4.78 is 0. The lowest BCUT2D eigenvalue weighted by Crippen LogP contribution is -2.49. The highest BCUT2D eigenvalue weighted by atomic mass is 16.4. The molecule has 5 nitrogen and oxygen atoms in total. The van der Waals surface area contributed by atoms with Crippen LogP contribution in [-0.4, -0.2) is 53.1 Å². The minimum Gasteiger partial charge on any atom is -0.480 e. The van der Waals surface area contributed by atoms with Crippen LogP contribution in [0.4, 0.5) is 4.79 Å². The van der Waals surface area contributed by atoms with Gasteiger partial charge >= 0.3 is 12.0 Å². The number of hydrogen-bond donors (Lipinski definition) is 1. The Morgan fingerprint density at radius 3 is 2.20 bits per heavy atom. The van der Waals surface area contributed by atoms with Crippen LogP contribution < -0.4 is 0 Å². The Morgan fingerprint density at radius 2 is 1.75 bits per heavy atom. The van der Waals surface area contributed by atoms with Crippen molar-refractivity contribution < 1.29 is 14.7 Å². The van der Waals surface area contributed by atoms with Crippen LogP contribution in [0, 0.1) is 11.8 Å². The fourth-order valence-electron chi connectivity index (χ4n) is 2.82. The number of urea groups is 1. The maximum atomic E-state index is 12.5. The Labute approximate surface area is 121 Å². The Balaban J connectivity index is 2.64. The quantitative estimate of drug-likeness (QED) is 0.844. The second kappa shape index (κ2) is 7.50. The summed E-state index contributed by atoms with van der Waals surface area (Å²) in [7, 11) is 1.80. The van der Waals surface area contributed by atoms with E-state index in [0.717, 1.165) is 31.6 Å². The number of aliphatic carboxylic acids is 1. The van der Waals surface area contributed by atoms with E-state index in [4.69, 9.17) is 5.11 Å². The molecule has 0 saturated heterocycles. The third kappa shape index (κ3) is 5.02. The summed E-state index contributed by atoms with van der Waals surface area (Å²) in [6.45, 7) is 6.49. The number of carboxylic acid groups (broad SMARTS) is 1. The van der Waals surface area contributed by atoms with Crippen molar-refractivity contribution in [1.82, 2.24) is 9.80 Å². The molecule has 1 aliphatic rings. The van der Waals surface area contributed by atoms with Gasteiger partial charge in [-0.3, -0.25) is 4.79 Å². The molecule has 0 heterocycles. The van der Waals surface area contributed by atoms with Crippen LogP contribution >= 0.6 is 0 Å². The van der Waals surface area contributed by atoms with E-state index in [9.17, 15) is 9.59 Å². The molecule has 1 fully saturated rings. The highest BCUT2D eigenvalue weighted by Crippen LogP contribution is 2.27. The highest BCUT2D eigenvalue weighted by Gasteiger charge is 2.28. The molecule has 2 amide bonds. The first-order valence-corrected chi connectivity index (χ1v) is 7.54. The Kier molecular flexibility index (Phi) is 6.30. The van der Waals surface area contributed by atoms with Gasteiger partial charge in [-0.1, -0.05) is 20.8 Å². The number of hydrogen-bond acceptors (Lipinski definition) is 2. The molecular weight excluding hydrogens is 256 g/mol. The van der Waals surface area contributed by atoms with Crippen molar-refractivity contribution >= 4 is 12.0 Å².